The monoisotopic (exact) mass is 207 g/mol. The van der Waals surface area contributed by atoms with E-state index in [1.165, 1.54) is 0 Å². The Balaban J connectivity index is 3.83. The molecule has 0 radical (unpaired) electrons. The summed E-state index contributed by atoms with van der Waals surface area (Å²) in [5.74, 6) is -2.22. The molecule has 0 aliphatic heterocycles. The van der Waals surface area contributed by atoms with Crippen LogP contribution in [0.15, 0.2) is 12.2 Å². The summed E-state index contributed by atoms with van der Waals surface area (Å²) in [6, 6.07) is 0. The molecule has 0 rings (SSSR count). The third kappa shape index (κ3) is 7.48. The number of rotatable bonds is 6. The van der Waals surface area contributed by atoms with Gasteiger partial charge in [0.15, 0.2) is 5.75 Å². The molecule has 76 valence electrons. The number of carbonyl (C=O) groups is 1. The van der Waals surface area contributed by atoms with Crippen molar-refractivity contribution in [2.75, 3.05) is 12.3 Å². The number of hydrogen-bond acceptors (Lipinski definition) is 3. The number of allylic oxidation sites excluding steroid dienone is 1. The van der Waals surface area contributed by atoms with E-state index in [2.05, 4.69) is 4.72 Å². The average molecular weight is 207 g/mol. The average Bonchev–Trinajstić information content (AvgIpc) is 1.95. The molecule has 0 bridgehead atoms. The van der Waals surface area contributed by atoms with Crippen molar-refractivity contribution in [1.29, 1.82) is 0 Å². The molecule has 0 atom stereocenters. The van der Waals surface area contributed by atoms with Gasteiger partial charge in [-0.2, -0.15) is 0 Å². The van der Waals surface area contributed by atoms with Crippen molar-refractivity contribution in [3.63, 3.8) is 0 Å². The molecule has 0 aromatic carbocycles. The molecule has 0 spiro atoms. The molecule has 6 heteroatoms. The Labute approximate surface area is 77.5 Å². The largest absolute Gasteiger partial charge is 0.480 e. The van der Waals surface area contributed by atoms with E-state index in [0.717, 1.165) is 0 Å². The molecule has 13 heavy (non-hydrogen) atoms. The highest BCUT2D eigenvalue weighted by Crippen LogP contribution is 1.86. The van der Waals surface area contributed by atoms with Crippen LogP contribution < -0.4 is 4.72 Å². The molecule has 2 N–H and O–H groups in total. The summed E-state index contributed by atoms with van der Waals surface area (Å²) in [6.07, 6.45) is 4.16. The normalized spacial score (nSPS) is 12.1. The molecule has 0 aromatic rings. The third-order valence-corrected chi connectivity index (χ3v) is 2.45. The number of carboxylic acid groups (broad SMARTS) is 1. The van der Waals surface area contributed by atoms with Gasteiger partial charge in [-0.3, -0.25) is 4.79 Å². The Kier molecular flexibility index (Phi) is 5.33. The minimum atomic E-state index is -3.64. The van der Waals surface area contributed by atoms with Gasteiger partial charge in [-0.1, -0.05) is 12.2 Å². The fraction of sp³-hybridized carbons (Fsp3) is 0.571. The molecular weight excluding hydrogens is 194 g/mol. The molecule has 5 nitrogen and oxygen atoms in total. The van der Waals surface area contributed by atoms with Gasteiger partial charge in [0.05, 0.1) is 0 Å². The molecule has 0 aliphatic rings. The maximum absolute atomic E-state index is 10.9. The van der Waals surface area contributed by atoms with Crippen LogP contribution >= 0.6 is 0 Å². The van der Waals surface area contributed by atoms with Gasteiger partial charge in [-0.25, -0.2) is 13.1 Å². The Morgan fingerprint density at radius 2 is 2.15 bits per heavy atom. The fourth-order valence-corrected chi connectivity index (χ4v) is 1.53. The first-order valence-corrected chi connectivity index (χ1v) is 5.43. The second-order valence-electron chi connectivity index (χ2n) is 2.40. The van der Waals surface area contributed by atoms with E-state index < -0.39 is 21.7 Å². The Bertz CT molecular complexity index is 281. The Morgan fingerprint density at radius 3 is 2.62 bits per heavy atom. The summed E-state index contributed by atoms with van der Waals surface area (Å²) in [7, 11) is -3.64. The van der Waals surface area contributed by atoms with Gasteiger partial charge in [-0.05, 0) is 13.3 Å². The van der Waals surface area contributed by atoms with Gasteiger partial charge >= 0.3 is 5.97 Å². The zero-order chi connectivity index (χ0) is 10.3. The Hall–Kier alpha value is -0.880. The van der Waals surface area contributed by atoms with Gasteiger partial charge < -0.3 is 5.11 Å². The predicted octanol–water partition coefficient (Wildman–Crippen LogP) is -0.0434. The standard InChI is InChI=1S/C7H13NO4S/c1-2-3-4-5-8-13(11,12)6-7(9)10/h2-3,8H,4-6H2,1H3,(H,9,10)/b3-2+. The lowest BCUT2D eigenvalue weighted by Gasteiger charge is -2.01. The lowest BCUT2D eigenvalue weighted by atomic mass is 10.4. The van der Waals surface area contributed by atoms with Crippen LogP contribution in [0, 0.1) is 0 Å². The number of carboxylic acids is 1. The second-order valence-corrected chi connectivity index (χ2v) is 4.21. The van der Waals surface area contributed by atoms with Crippen LogP contribution in [-0.4, -0.2) is 31.8 Å². The molecule has 0 heterocycles. The summed E-state index contributed by atoms with van der Waals surface area (Å²) < 4.78 is 23.9. The minimum absolute atomic E-state index is 0.236. The van der Waals surface area contributed by atoms with Gasteiger partial charge in [-0.15, -0.1) is 0 Å². The summed E-state index contributed by atoms with van der Waals surface area (Å²) in [6.45, 7) is 2.06. The van der Waals surface area contributed by atoms with E-state index in [9.17, 15) is 13.2 Å². The zero-order valence-electron chi connectivity index (χ0n) is 7.36. The van der Waals surface area contributed by atoms with Gasteiger partial charge in [0.2, 0.25) is 10.0 Å². The maximum Gasteiger partial charge on any atom is 0.320 e. The number of sulfonamides is 1. The van der Waals surface area contributed by atoms with E-state index in [4.69, 9.17) is 5.11 Å². The predicted molar refractivity (Wildman–Crippen MR) is 48.9 cm³/mol. The first-order chi connectivity index (χ1) is 5.98. The fourth-order valence-electron chi connectivity index (χ4n) is 0.678. The number of hydrogen-bond donors (Lipinski definition) is 2. The lowest BCUT2D eigenvalue weighted by molar-refractivity contribution is -0.134. The van der Waals surface area contributed by atoms with Crippen LogP contribution in [0.25, 0.3) is 0 Å². The third-order valence-electron chi connectivity index (χ3n) is 1.18. The maximum atomic E-state index is 10.9. The van der Waals surface area contributed by atoms with E-state index in [0.29, 0.717) is 6.42 Å². The summed E-state index contributed by atoms with van der Waals surface area (Å²) in [5, 5.41) is 8.22. The quantitative estimate of drug-likeness (QED) is 0.472. The van der Waals surface area contributed by atoms with E-state index in [1.807, 2.05) is 6.92 Å². The molecule has 0 aromatic heterocycles. The molecule has 0 fully saturated rings. The lowest BCUT2D eigenvalue weighted by Crippen LogP contribution is -2.30. The molecule has 0 unspecified atom stereocenters. The van der Waals surface area contributed by atoms with Crippen LogP contribution in [0.5, 0.6) is 0 Å². The van der Waals surface area contributed by atoms with Crippen molar-refractivity contribution in [2.45, 2.75) is 13.3 Å². The molecule has 0 saturated heterocycles. The van der Waals surface area contributed by atoms with Crippen molar-refractivity contribution in [1.82, 2.24) is 4.72 Å². The molecule has 0 saturated carbocycles. The van der Waals surface area contributed by atoms with Crippen molar-refractivity contribution in [2.24, 2.45) is 0 Å². The van der Waals surface area contributed by atoms with Gasteiger partial charge in [0.1, 0.15) is 0 Å². The number of aliphatic carboxylic acids is 1. The van der Waals surface area contributed by atoms with Crippen molar-refractivity contribution in [3.8, 4) is 0 Å². The molecule has 0 amide bonds. The Morgan fingerprint density at radius 1 is 1.54 bits per heavy atom. The summed E-state index contributed by atoms with van der Waals surface area (Å²) in [5.41, 5.74) is 0. The van der Waals surface area contributed by atoms with Crippen LogP contribution in [0.3, 0.4) is 0 Å². The summed E-state index contributed by atoms with van der Waals surface area (Å²) in [4.78, 5) is 10.1. The van der Waals surface area contributed by atoms with E-state index in [1.54, 1.807) is 12.2 Å². The second kappa shape index (κ2) is 5.71. The number of nitrogens with one attached hydrogen (secondary N) is 1. The topological polar surface area (TPSA) is 83.5 Å². The molecular formula is C7H13NO4S. The van der Waals surface area contributed by atoms with E-state index in [-0.39, 0.29) is 6.54 Å². The van der Waals surface area contributed by atoms with Crippen LogP contribution in [0.1, 0.15) is 13.3 Å². The van der Waals surface area contributed by atoms with Crippen LogP contribution in [0.2, 0.25) is 0 Å². The highest BCUT2D eigenvalue weighted by atomic mass is 32.2. The first kappa shape index (κ1) is 12.1. The summed E-state index contributed by atoms with van der Waals surface area (Å²) >= 11 is 0. The highest BCUT2D eigenvalue weighted by Gasteiger charge is 2.13. The van der Waals surface area contributed by atoms with Crippen molar-refractivity contribution >= 4 is 16.0 Å². The van der Waals surface area contributed by atoms with Crippen molar-refractivity contribution in [3.05, 3.63) is 12.2 Å². The highest BCUT2D eigenvalue weighted by molar-refractivity contribution is 7.90. The van der Waals surface area contributed by atoms with Crippen LogP contribution in [-0.2, 0) is 14.8 Å². The first-order valence-electron chi connectivity index (χ1n) is 3.78. The van der Waals surface area contributed by atoms with Crippen molar-refractivity contribution < 1.29 is 18.3 Å². The van der Waals surface area contributed by atoms with Gasteiger partial charge in [0.25, 0.3) is 0 Å². The van der Waals surface area contributed by atoms with Crippen LogP contribution in [0.4, 0.5) is 0 Å². The van der Waals surface area contributed by atoms with Gasteiger partial charge in [0, 0.05) is 6.54 Å². The zero-order valence-corrected chi connectivity index (χ0v) is 8.17. The smallest absolute Gasteiger partial charge is 0.320 e. The molecule has 0 aliphatic carbocycles. The SMILES string of the molecule is C/C=C/CCNS(=O)(=O)CC(=O)O. The minimum Gasteiger partial charge on any atom is -0.480 e. The van der Waals surface area contributed by atoms with E-state index >= 15 is 0 Å².